The smallest absolute Gasteiger partial charge is 0.378 e. The van der Waals surface area contributed by atoms with Crippen molar-refractivity contribution < 1.29 is 42.1 Å². The van der Waals surface area contributed by atoms with Crippen LogP contribution in [0.3, 0.4) is 0 Å². The largest absolute Gasteiger partial charge is 0.472 e. The number of methoxy groups -OCH3 is 1. The number of hydrogen-bond donors (Lipinski definition) is 4. The Hall–Kier alpha value is -4.91. The standard InChI is InChI=1S/C39H46N7O10PS/c1-43(19-16-40-34(47)14-13-27-23-46(39(50)42-38(27)49)36-22-31(53-3)32(56-36)25-55-57(51,52)54-4)20-17-41-35(48)24-45-30-11-7-8-12-33(30)58-37(45)21-26-15-18-44(2)29-10-6-5-9-28(26)29/h5-15,18,21,23,31-32,36H,16-17,19-20,22,24-25H2,1-4H3,(H3-,40,41,42,47,48,49,50,51,52)/p+1/b14-13+. The minimum atomic E-state index is -4.27. The number of phosphoric acid groups is 1. The van der Waals surface area contributed by atoms with E-state index in [9.17, 15) is 28.6 Å². The Morgan fingerprint density at radius 3 is 2.60 bits per heavy atom. The summed E-state index contributed by atoms with van der Waals surface area (Å²) < 4.78 is 35.6. The summed E-state index contributed by atoms with van der Waals surface area (Å²) in [5, 5.41) is 7.88. The monoisotopic (exact) mass is 836 g/mol. The van der Waals surface area contributed by atoms with E-state index in [4.69, 9.17) is 14.0 Å². The topological polar surface area (TPSA) is 198 Å². The lowest BCUT2D eigenvalue weighted by molar-refractivity contribution is -0.644. The van der Waals surface area contributed by atoms with Gasteiger partial charge in [0.2, 0.25) is 17.3 Å². The van der Waals surface area contributed by atoms with E-state index in [2.05, 4.69) is 55.0 Å². The van der Waals surface area contributed by atoms with Gasteiger partial charge in [-0.05, 0) is 43.0 Å². The molecule has 2 aromatic carbocycles. The molecular formula is C39H47N7O10PS+. The van der Waals surface area contributed by atoms with Crippen LogP contribution in [-0.2, 0) is 39.7 Å². The molecule has 4 aromatic rings. The second-order valence-electron chi connectivity index (χ2n) is 13.7. The van der Waals surface area contributed by atoms with Crippen LogP contribution >= 0.6 is 19.6 Å². The quantitative estimate of drug-likeness (QED) is 0.0688. The van der Waals surface area contributed by atoms with Crippen LogP contribution in [0.25, 0.3) is 23.1 Å². The van der Waals surface area contributed by atoms with Crippen LogP contribution in [0, 0.1) is 0 Å². The molecule has 4 N–H and O–H groups in total. The van der Waals surface area contributed by atoms with Gasteiger partial charge < -0.3 is 34.8 Å². The molecule has 0 aliphatic carbocycles. The number of hydrogen-bond acceptors (Lipinski definition) is 12. The van der Waals surface area contributed by atoms with Crippen molar-refractivity contribution in [3.63, 3.8) is 0 Å². The van der Waals surface area contributed by atoms with Gasteiger partial charge in [-0.15, -0.1) is 0 Å². The molecule has 2 amide bonds. The summed E-state index contributed by atoms with van der Waals surface area (Å²) in [6, 6.07) is 18.4. The Morgan fingerprint density at radius 1 is 1.09 bits per heavy atom. The van der Waals surface area contributed by atoms with Crippen LogP contribution in [0.4, 0.5) is 5.69 Å². The van der Waals surface area contributed by atoms with Crippen molar-refractivity contribution in [1.82, 2.24) is 25.1 Å². The summed E-state index contributed by atoms with van der Waals surface area (Å²) in [6.07, 6.45) is 5.80. The summed E-state index contributed by atoms with van der Waals surface area (Å²) in [6.45, 7) is 1.55. The Morgan fingerprint density at radius 2 is 1.83 bits per heavy atom. The fraction of sp³-hybridized carbons (Fsp3) is 0.359. The number of nitrogens with zero attached hydrogens (tertiary/aromatic N) is 4. The molecule has 4 unspecified atom stereocenters. The first-order chi connectivity index (χ1) is 27.8. The van der Waals surface area contributed by atoms with Crippen LogP contribution in [0.2, 0.25) is 0 Å². The molecule has 6 rings (SSSR count). The number of thioether (sulfide) groups is 1. The van der Waals surface area contributed by atoms with Crippen LogP contribution in [0.15, 0.2) is 92.6 Å². The van der Waals surface area contributed by atoms with Gasteiger partial charge in [-0.1, -0.05) is 36.0 Å². The van der Waals surface area contributed by atoms with E-state index in [1.165, 1.54) is 25.5 Å². The SMILES string of the molecule is COC1CC(n2cc(/C=C/C(=O)NCCN(C)CCNC(=O)CN3/C(=C/c4cc[n+](C)c5ccccc45)Sc4ccccc43)c(=O)[nH]c2=O)OC1COP(=O)(O)OC. The zero-order chi connectivity index (χ0) is 41.4. The zero-order valence-electron chi connectivity index (χ0n) is 32.5. The van der Waals surface area contributed by atoms with Crippen molar-refractivity contribution in [2.45, 2.75) is 29.8 Å². The zero-order valence-corrected chi connectivity index (χ0v) is 34.2. The second-order valence-corrected chi connectivity index (χ2v) is 16.3. The van der Waals surface area contributed by atoms with Gasteiger partial charge in [-0.2, -0.15) is 0 Å². The highest BCUT2D eigenvalue weighted by Crippen LogP contribution is 2.46. The number of aromatic amines is 1. The molecule has 2 aliphatic rings. The number of likely N-dealkylation sites (N-methyl/N-ethyl adjacent to an activating group) is 1. The molecule has 4 atom stereocenters. The number of nitrogens with one attached hydrogen (secondary N) is 3. The lowest BCUT2D eigenvalue weighted by Crippen LogP contribution is -2.40. The predicted molar refractivity (Wildman–Crippen MR) is 219 cm³/mol. The van der Waals surface area contributed by atoms with Crippen molar-refractivity contribution >= 4 is 60.1 Å². The Labute approximate surface area is 338 Å². The summed E-state index contributed by atoms with van der Waals surface area (Å²) in [5.74, 6) is -0.572. The molecule has 1 fully saturated rings. The number of rotatable bonds is 17. The third-order valence-electron chi connectivity index (χ3n) is 9.73. The minimum Gasteiger partial charge on any atom is -0.378 e. The Kier molecular flexibility index (Phi) is 14.2. The molecule has 2 aromatic heterocycles. The third-order valence-corrected chi connectivity index (χ3v) is 11.8. The first kappa shape index (κ1) is 42.7. The van der Waals surface area contributed by atoms with E-state index in [-0.39, 0.29) is 31.0 Å². The fourth-order valence-electron chi connectivity index (χ4n) is 6.58. The summed E-state index contributed by atoms with van der Waals surface area (Å²) in [5.41, 5.74) is 1.75. The minimum absolute atomic E-state index is 0.0282. The van der Waals surface area contributed by atoms with Gasteiger partial charge in [0.25, 0.3) is 5.56 Å². The first-order valence-electron chi connectivity index (χ1n) is 18.5. The van der Waals surface area contributed by atoms with Crippen molar-refractivity contribution in [2.75, 3.05) is 65.5 Å². The number of fused-ring (bicyclic) bond motifs is 2. The van der Waals surface area contributed by atoms with Gasteiger partial charge in [-0.3, -0.25) is 33.0 Å². The van der Waals surface area contributed by atoms with Gasteiger partial charge in [0.05, 0.1) is 34.4 Å². The summed E-state index contributed by atoms with van der Waals surface area (Å²) in [4.78, 5) is 67.9. The van der Waals surface area contributed by atoms with Gasteiger partial charge in [0.1, 0.15) is 25.9 Å². The number of aryl methyl sites for hydroxylation is 1. The molecule has 58 heavy (non-hydrogen) atoms. The number of carbonyl (C=O) groups is 2. The highest BCUT2D eigenvalue weighted by Gasteiger charge is 2.39. The van der Waals surface area contributed by atoms with Crippen molar-refractivity contribution in [2.24, 2.45) is 7.05 Å². The van der Waals surface area contributed by atoms with E-state index < -0.39 is 43.4 Å². The van der Waals surface area contributed by atoms with Crippen molar-refractivity contribution in [1.29, 1.82) is 0 Å². The highest BCUT2D eigenvalue weighted by atomic mass is 32.2. The van der Waals surface area contributed by atoms with Crippen LogP contribution in [0.1, 0.15) is 23.8 Å². The van der Waals surface area contributed by atoms with E-state index in [1.54, 1.807) is 11.8 Å². The summed E-state index contributed by atoms with van der Waals surface area (Å²) in [7, 11) is 2.08. The van der Waals surface area contributed by atoms with Gasteiger partial charge in [0, 0.05) is 76.1 Å². The van der Waals surface area contributed by atoms with E-state index in [0.717, 1.165) is 43.8 Å². The maximum absolute atomic E-state index is 13.2. The number of para-hydroxylation sites is 2. The number of aromatic nitrogens is 3. The van der Waals surface area contributed by atoms with Crippen molar-refractivity contribution in [3.8, 4) is 0 Å². The summed E-state index contributed by atoms with van der Waals surface area (Å²) >= 11 is 1.64. The molecular weight excluding hydrogens is 790 g/mol. The number of H-pyrrole nitrogens is 1. The predicted octanol–water partition coefficient (Wildman–Crippen LogP) is 2.37. The number of carbonyl (C=O) groups excluding carboxylic acids is 2. The maximum Gasteiger partial charge on any atom is 0.472 e. The fourth-order valence-corrected chi connectivity index (χ4v) is 8.14. The molecule has 308 valence electrons. The van der Waals surface area contributed by atoms with Crippen LogP contribution < -0.4 is 31.3 Å². The third kappa shape index (κ3) is 10.6. The lowest BCUT2D eigenvalue weighted by Gasteiger charge is -2.21. The van der Waals surface area contributed by atoms with E-state index in [0.29, 0.717) is 26.2 Å². The van der Waals surface area contributed by atoms with Gasteiger partial charge in [-0.25, -0.2) is 13.9 Å². The second kappa shape index (κ2) is 19.2. The number of amides is 2. The number of phosphoric ester groups is 1. The first-order valence-corrected chi connectivity index (χ1v) is 20.8. The molecule has 4 heterocycles. The molecule has 1 saturated heterocycles. The Balaban J connectivity index is 0.969. The number of ether oxygens (including phenoxy) is 2. The Bertz CT molecular complexity index is 2370. The normalized spacial score (nSPS) is 19.6. The molecule has 0 bridgehead atoms. The van der Waals surface area contributed by atoms with E-state index >= 15 is 0 Å². The van der Waals surface area contributed by atoms with Crippen LogP contribution in [-0.4, -0.2) is 104 Å². The van der Waals surface area contributed by atoms with Crippen molar-refractivity contribution in [3.05, 3.63) is 110 Å². The maximum atomic E-state index is 13.2. The molecule has 0 saturated carbocycles. The molecule has 0 radical (unpaired) electrons. The average Bonchev–Trinajstić information content (AvgIpc) is 3.78. The molecule has 17 nitrogen and oxygen atoms in total. The number of anilines is 1. The lowest BCUT2D eigenvalue weighted by atomic mass is 10.1. The molecule has 19 heteroatoms. The van der Waals surface area contributed by atoms with Gasteiger partial charge in [0.15, 0.2) is 6.20 Å². The van der Waals surface area contributed by atoms with Crippen LogP contribution in [0.5, 0.6) is 0 Å². The molecule has 2 aliphatic heterocycles. The van der Waals surface area contributed by atoms with Gasteiger partial charge >= 0.3 is 13.5 Å². The highest BCUT2D eigenvalue weighted by molar-refractivity contribution is 8.03. The van der Waals surface area contributed by atoms with E-state index in [1.807, 2.05) is 60.4 Å². The number of benzene rings is 2. The molecule has 0 spiro atoms. The number of pyridine rings is 1. The average molecular weight is 837 g/mol.